The topological polar surface area (TPSA) is 119 Å². The fourth-order valence-corrected chi connectivity index (χ4v) is 5.43. The summed E-state index contributed by atoms with van der Waals surface area (Å²) in [6.07, 6.45) is 1.91. The Morgan fingerprint density at radius 1 is 1.10 bits per heavy atom. The van der Waals surface area contributed by atoms with Crippen molar-refractivity contribution in [3.63, 3.8) is 0 Å². The summed E-state index contributed by atoms with van der Waals surface area (Å²) in [5.74, 6) is -0.556. The van der Waals surface area contributed by atoms with Crippen LogP contribution in [0.2, 0.25) is 0 Å². The van der Waals surface area contributed by atoms with Gasteiger partial charge >= 0.3 is 0 Å². The summed E-state index contributed by atoms with van der Waals surface area (Å²) in [5.41, 5.74) is 4.77. The zero-order valence-corrected chi connectivity index (χ0v) is 23.2. The summed E-state index contributed by atoms with van der Waals surface area (Å²) in [6, 6.07) is 17.1. The molecular formula is C31H35N5O3. The van der Waals surface area contributed by atoms with Gasteiger partial charge in [0.2, 0.25) is 5.91 Å². The minimum absolute atomic E-state index is 0.145. The third-order valence-corrected chi connectivity index (χ3v) is 7.62. The van der Waals surface area contributed by atoms with Gasteiger partial charge < -0.3 is 10.2 Å². The molecule has 8 nitrogen and oxygen atoms in total. The van der Waals surface area contributed by atoms with Crippen LogP contribution in [0.3, 0.4) is 0 Å². The molecule has 1 aliphatic heterocycles. The fraction of sp³-hybridized carbons (Fsp3) is 0.387. The highest BCUT2D eigenvalue weighted by atomic mass is 16.2. The molecule has 0 spiro atoms. The highest BCUT2D eigenvalue weighted by Crippen LogP contribution is 2.43. The summed E-state index contributed by atoms with van der Waals surface area (Å²) >= 11 is 0. The van der Waals surface area contributed by atoms with Gasteiger partial charge in [-0.3, -0.25) is 14.4 Å². The molecule has 1 unspecified atom stereocenters. The van der Waals surface area contributed by atoms with Crippen molar-refractivity contribution in [2.24, 2.45) is 5.41 Å². The van der Waals surface area contributed by atoms with E-state index in [-0.39, 0.29) is 36.0 Å². The molecule has 202 valence electrons. The minimum Gasteiger partial charge on any atom is -0.343 e. The van der Waals surface area contributed by atoms with Crippen molar-refractivity contribution < 1.29 is 9.59 Å². The number of aryl methyl sites for hydroxylation is 3. The smallest absolute Gasteiger partial charge is 0.267 e. The van der Waals surface area contributed by atoms with E-state index < -0.39 is 5.41 Å². The molecule has 2 atom stereocenters. The van der Waals surface area contributed by atoms with E-state index in [1.54, 1.807) is 23.1 Å². The van der Waals surface area contributed by atoms with Gasteiger partial charge in [-0.15, -0.1) is 0 Å². The molecule has 3 aromatic rings. The van der Waals surface area contributed by atoms with Crippen molar-refractivity contribution >= 4 is 11.8 Å². The number of aromatic amines is 1. The van der Waals surface area contributed by atoms with Gasteiger partial charge in [0.15, 0.2) is 0 Å². The van der Waals surface area contributed by atoms with Crippen molar-refractivity contribution in [1.82, 2.24) is 20.4 Å². The van der Waals surface area contributed by atoms with Gasteiger partial charge in [0.25, 0.3) is 11.5 Å². The largest absolute Gasteiger partial charge is 0.343 e. The Hall–Kier alpha value is -4.25. The summed E-state index contributed by atoms with van der Waals surface area (Å²) < 4.78 is 0. The van der Waals surface area contributed by atoms with Crippen LogP contribution in [0.25, 0.3) is 0 Å². The van der Waals surface area contributed by atoms with Crippen LogP contribution >= 0.6 is 0 Å². The Morgan fingerprint density at radius 2 is 1.87 bits per heavy atom. The lowest BCUT2D eigenvalue weighted by atomic mass is 9.84. The molecule has 2 amide bonds. The average molecular weight is 526 g/mol. The Balaban J connectivity index is 1.49. The molecule has 1 fully saturated rings. The van der Waals surface area contributed by atoms with E-state index >= 15 is 0 Å². The fourth-order valence-electron chi connectivity index (χ4n) is 5.43. The van der Waals surface area contributed by atoms with Gasteiger partial charge in [0.1, 0.15) is 0 Å². The van der Waals surface area contributed by atoms with Gasteiger partial charge in [-0.05, 0) is 82.3 Å². The lowest BCUT2D eigenvalue weighted by Crippen LogP contribution is -2.48. The molecule has 8 heteroatoms. The Labute approximate surface area is 229 Å². The summed E-state index contributed by atoms with van der Waals surface area (Å²) in [4.78, 5) is 40.5. The van der Waals surface area contributed by atoms with Crippen molar-refractivity contribution in [1.29, 1.82) is 5.26 Å². The molecule has 1 saturated heterocycles. The highest BCUT2D eigenvalue weighted by Gasteiger charge is 2.45. The first-order valence-corrected chi connectivity index (χ1v) is 13.2. The molecule has 0 bridgehead atoms. The molecule has 2 aromatic carbocycles. The number of hydrogen-bond acceptors (Lipinski definition) is 5. The number of aromatic nitrogens is 2. The summed E-state index contributed by atoms with van der Waals surface area (Å²) in [5, 5.41) is 19.0. The third-order valence-electron chi connectivity index (χ3n) is 7.62. The number of nitriles is 1. The number of nitrogens with one attached hydrogen (secondary N) is 2. The van der Waals surface area contributed by atoms with Gasteiger partial charge in [-0.25, -0.2) is 5.10 Å². The maximum Gasteiger partial charge on any atom is 0.267 e. The second-order valence-electron chi connectivity index (χ2n) is 11.0. The number of carbonyl (C=O) groups is 2. The van der Waals surface area contributed by atoms with Crippen LogP contribution in [0.5, 0.6) is 0 Å². The van der Waals surface area contributed by atoms with Crippen LogP contribution < -0.4 is 10.9 Å². The van der Waals surface area contributed by atoms with Crippen LogP contribution in [0.4, 0.5) is 0 Å². The molecular weight excluding hydrogens is 490 g/mol. The lowest BCUT2D eigenvalue weighted by Gasteiger charge is -2.36. The monoisotopic (exact) mass is 525 g/mol. The number of H-pyrrole nitrogens is 1. The molecule has 2 heterocycles. The number of benzene rings is 2. The normalized spacial score (nSPS) is 17.1. The zero-order chi connectivity index (χ0) is 28.3. The predicted octanol–water partition coefficient (Wildman–Crippen LogP) is 4.30. The molecule has 0 aliphatic carbocycles. The lowest BCUT2D eigenvalue weighted by molar-refractivity contribution is -0.134. The van der Waals surface area contributed by atoms with E-state index in [1.807, 2.05) is 58.9 Å². The van der Waals surface area contributed by atoms with Crippen molar-refractivity contribution in [3.05, 3.63) is 98.0 Å². The number of carbonyl (C=O) groups excluding carboxylic acids is 2. The molecule has 4 rings (SSSR count). The second kappa shape index (κ2) is 11.2. The number of likely N-dealkylation sites (tertiary alicyclic amines) is 1. The van der Waals surface area contributed by atoms with Crippen LogP contribution in [0, 0.1) is 37.5 Å². The molecule has 0 radical (unpaired) electrons. The summed E-state index contributed by atoms with van der Waals surface area (Å²) in [6.45, 7) is 9.29. The maximum atomic E-state index is 13.6. The Bertz CT molecular complexity index is 1500. The maximum absolute atomic E-state index is 13.6. The first-order chi connectivity index (χ1) is 18.5. The first-order valence-electron chi connectivity index (χ1n) is 13.2. The quantitative estimate of drug-likeness (QED) is 0.477. The van der Waals surface area contributed by atoms with E-state index in [0.717, 1.165) is 40.8 Å². The van der Waals surface area contributed by atoms with Crippen LogP contribution in [-0.2, 0) is 11.2 Å². The highest BCUT2D eigenvalue weighted by molar-refractivity contribution is 5.96. The standard InChI is InChI=1S/C31H35N5O3/c1-19-7-6-8-23(13-19)26-11-12-27(31(4,5)18-32)36(26)28(37)17-33-29(38)24-10-9-22(20(2)14-24)16-25-15-21(3)34-35-30(25)39/h6-10,13-15,26-27H,11-12,16-17H2,1-5H3,(H,33,38)(H,35,39)/t26?,27-/m1/s1. The van der Waals surface area contributed by atoms with E-state index in [4.69, 9.17) is 0 Å². The van der Waals surface area contributed by atoms with Crippen molar-refractivity contribution in [2.45, 2.75) is 66.0 Å². The number of hydrogen-bond donors (Lipinski definition) is 2. The van der Waals surface area contributed by atoms with Gasteiger partial charge in [-0.1, -0.05) is 35.9 Å². The number of amides is 2. The Morgan fingerprint density at radius 3 is 2.56 bits per heavy atom. The predicted molar refractivity (Wildman–Crippen MR) is 149 cm³/mol. The average Bonchev–Trinajstić information content (AvgIpc) is 3.37. The van der Waals surface area contributed by atoms with Crippen molar-refractivity contribution in [2.75, 3.05) is 6.54 Å². The molecule has 1 aliphatic rings. The Kier molecular flexibility index (Phi) is 8.01. The van der Waals surface area contributed by atoms with Gasteiger partial charge in [0.05, 0.1) is 35.8 Å². The molecule has 2 N–H and O–H groups in total. The first kappa shape index (κ1) is 27.8. The van der Waals surface area contributed by atoms with E-state index in [1.165, 1.54) is 0 Å². The van der Waals surface area contributed by atoms with Gasteiger partial charge in [-0.2, -0.15) is 10.4 Å². The van der Waals surface area contributed by atoms with Crippen LogP contribution in [-0.4, -0.2) is 39.5 Å². The van der Waals surface area contributed by atoms with Gasteiger partial charge in [0, 0.05) is 17.5 Å². The molecule has 1 aromatic heterocycles. The number of nitrogens with zero attached hydrogens (tertiary/aromatic N) is 3. The van der Waals surface area contributed by atoms with E-state index in [9.17, 15) is 19.6 Å². The second-order valence-corrected chi connectivity index (χ2v) is 11.0. The van der Waals surface area contributed by atoms with Crippen LogP contribution in [0.1, 0.15) is 76.6 Å². The minimum atomic E-state index is -0.722. The zero-order valence-electron chi connectivity index (χ0n) is 23.2. The number of rotatable bonds is 7. The molecule has 0 saturated carbocycles. The SMILES string of the molecule is Cc1cccc(C2CC[C@H](C(C)(C)C#N)N2C(=O)CNC(=O)c2ccc(Cc3cc(C)n[nH]c3=O)c(C)c2)c1. The third kappa shape index (κ3) is 6.09. The molecule has 39 heavy (non-hydrogen) atoms. The van der Waals surface area contributed by atoms with E-state index in [2.05, 4.69) is 27.6 Å². The summed E-state index contributed by atoms with van der Waals surface area (Å²) in [7, 11) is 0. The van der Waals surface area contributed by atoms with Crippen LogP contribution in [0.15, 0.2) is 53.3 Å². The van der Waals surface area contributed by atoms with Crippen molar-refractivity contribution in [3.8, 4) is 6.07 Å². The van der Waals surface area contributed by atoms with E-state index in [0.29, 0.717) is 17.5 Å².